The minimum absolute atomic E-state index is 0.00698. The predicted molar refractivity (Wildman–Crippen MR) is 125 cm³/mol. The van der Waals surface area contributed by atoms with Crippen LogP contribution in [0.3, 0.4) is 0 Å². The maximum Gasteiger partial charge on any atom is 0.311 e. The number of piperazine rings is 1. The maximum absolute atomic E-state index is 13.0. The van der Waals surface area contributed by atoms with Crippen molar-refractivity contribution in [3.63, 3.8) is 0 Å². The summed E-state index contributed by atoms with van der Waals surface area (Å²) in [6.45, 7) is 9.17. The predicted octanol–water partition coefficient (Wildman–Crippen LogP) is 4.64. The Hall–Kier alpha value is -1.01. The molecular formula is C25H32Cl2N2O3. The van der Waals surface area contributed by atoms with Crippen molar-refractivity contribution < 1.29 is 14.3 Å². The molecule has 3 aliphatic heterocycles. The minimum atomic E-state index is -0.0698. The van der Waals surface area contributed by atoms with Crippen LogP contribution < -0.4 is 4.90 Å². The number of esters is 1. The first kappa shape index (κ1) is 21.5. The highest BCUT2D eigenvalue weighted by Crippen LogP contribution is 2.70. The number of epoxide rings is 1. The Labute approximate surface area is 200 Å². The molecule has 174 valence electrons. The van der Waals surface area contributed by atoms with E-state index in [-0.39, 0.29) is 41.0 Å². The average molecular weight is 479 g/mol. The van der Waals surface area contributed by atoms with Gasteiger partial charge in [0.05, 0.1) is 22.1 Å². The Kier molecular flexibility index (Phi) is 5.04. The van der Waals surface area contributed by atoms with Crippen LogP contribution in [0, 0.1) is 23.2 Å². The Morgan fingerprint density at radius 3 is 2.69 bits per heavy atom. The summed E-state index contributed by atoms with van der Waals surface area (Å²) >= 11 is 12.3. The summed E-state index contributed by atoms with van der Waals surface area (Å²) in [5.74, 6) is 0.703. The second-order valence-corrected chi connectivity index (χ2v) is 11.7. The van der Waals surface area contributed by atoms with Gasteiger partial charge >= 0.3 is 5.97 Å². The summed E-state index contributed by atoms with van der Waals surface area (Å²) in [5, 5.41) is 1.17. The SMILES string of the molecule is C[C@@H]1CCC[C@@]2(C)C[C@H]3OC(=O)[C@H](CN4CCN(c5ccc(Cl)c(Cl)c5)CC4)[C@@H]3[C@@H]3O[C@]132. The second kappa shape index (κ2) is 7.49. The molecule has 0 radical (unpaired) electrons. The molecule has 7 atom stereocenters. The molecule has 1 spiro atoms. The summed E-state index contributed by atoms with van der Waals surface area (Å²) in [6.07, 6.45) is 4.87. The number of benzene rings is 1. The van der Waals surface area contributed by atoms with E-state index in [0.29, 0.717) is 16.0 Å². The van der Waals surface area contributed by atoms with Gasteiger partial charge in [0.2, 0.25) is 0 Å². The molecule has 7 heteroatoms. The van der Waals surface area contributed by atoms with Gasteiger partial charge in [-0.05, 0) is 43.4 Å². The van der Waals surface area contributed by atoms with E-state index in [1.54, 1.807) is 0 Å². The van der Waals surface area contributed by atoms with Crippen molar-refractivity contribution in [3.05, 3.63) is 28.2 Å². The molecule has 2 aliphatic carbocycles. The number of ether oxygens (including phenoxy) is 2. The molecule has 32 heavy (non-hydrogen) atoms. The molecule has 0 aromatic heterocycles. The van der Waals surface area contributed by atoms with Gasteiger partial charge in [-0.15, -0.1) is 0 Å². The molecule has 0 amide bonds. The van der Waals surface area contributed by atoms with Crippen LogP contribution in [0.15, 0.2) is 18.2 Å². The highest BCUT2D eigenvalue weighted by Gasteiger charge is 2.78. The lowest BCUT2D eigenvalue weighted by atomic mass is 9.53. The molecular weight excluding hydrogens is 447 g/mol. The fourth-order valence-corrected chi connectivity index (χ4v) is 7.88. The summed E-state index contributed by atoms with van der Waals surface area (Å²) in [7, 11) is 0. The van der Waals surface area contributed by atoms with Crippen molar-refractivity contribution in [2.75, 3.05) is 37.6 Å². The van der Waals surface area contributed by atoms with Gasteiger partial charge in [-0.1, -0.05) is 43.5 Å². The average Bonchev–Trinajstić information content (AvgIpc) is 3.45. The fraction of sp³-hybridized carbons (Fsp3) is 0.720. The Bertz CT molecular complexity index is 936. The van der Waals surface area contributed by atoms with Crippen molar-refractivity contribution in [3.8, 4) is 0 Å². The van der Waals surface area contributed by atoms with Crippen molar-refractivity contribution in [1.82, 2.24) is 4.90 Å². The van der Waals surface area contributed by atoms with Gasteiger partial charge in [-0.2, -0.15) is 0 Å². The lowest BCUT2D eigenvalue weighted by molar-refractivity contribution is -0.146. The van der Waals surface area contributed by atoms with E-state index < -0.39 is 0 Å². The number of anilines is 1. The standard InChI is InChI=1S/C25H32Cl2N2O3/c1-15-4-3-7-24(2)13-20-21(22-25(15,24)32-22)17(23(30)31-20)14-28-8-10-29(11-9-28)16-5-6-18(26)19(27)12-16/h5-6,12,15,17,20-22H,3-4,7-11,13-14H2,1-2H3/t15-,17-,20-,21+,22+,24+,25-/m1/s1. The van der Waals surface area contributed by atoms with Crippen LogP contribution in [-0.2, 0) is 14.3 Å². The number of rotatable bonds is 3. The van der Waals surface area contributed by atoms with Gasteiger partial charge in [0, 0.05) is 49.7 Å². The van der Waals surface area contributed by atoms with Gasteiger partial charge in [0.1, 0.15) is 11.7 Å². The Morgan fingerprint density at radius 2 is 1.94 bits per heavy atom. The van der Waals surface area contributed by atoms with E-state index >= 15 is 0 Å². The number of carbonyl (C=O) groups is 1. The minimum Gasteiger partial charge on any atom is -0.462 e. The number of nitrogens with zero attached hydrogens (tertiary/aromatic N) is 2. The first-order valence-electron chi connectivity index (χ1n) is 12.1. The maximum atomic E-state index is 13.0. The van der Waals surface area contributed by atoms with Crippen molar-refractivity contribution in [2.24, 2.45) is 23.2 Å². The molecule has 6 rings (SSSR count). The van der Waals surface area contributed by atoms with Crippen LogP contribution in [0.4, 0.5) is 5.69 Å². The monoisotopic (exact) mass is 478 g/mol. The molecule has 5 nitrogen and oxygen atoms in total. The highest BCUT2D eigenvalue weighted by molar-refractivity contribution is 6.42. The van der Waals surface area contributed by atoms with Gasteiger partial charge in [0.25, 0.3) is 0 Å². The van der Waals surface area contributed by atoms with Gasteiger partial charge in [-0.25, -0.2) is 0 Å². The van der Waals surface area contributed by atoms with E-state index in [4.69, 9.17) is 32.7 Å². The lowest BCUT2D eigenvalue weighted by Crippen LogP contribution is -2.55. The Morgan fingerprint density at radius 1 is 1.16 bits per heavy atom. The third-order valence-corrected chi connectivity index (χ3v) is 10.0. The quantitative estimate of drug-likeness (QED) is 0.467. The molecule has 1 aromatic carbocycles. The molecule has 3 heterocycles. The van der Waals surface area contributed by atoms with E-state index in [9.17, 15) is 4.79 Å². The van der Waals surface area contributed by atoms with Crippen LogP contribution in [-0.4, -0.2) is 61.4 Å². The van der Waals surface area contributed by atoms with E-state index in [0.717, 1.165) is 44.8 Å². The zero-order valence-electron chi connectivity index (χ0n) is 18.9. The molecule has 5 fully saturated rings. The second-order valence-electron chi connectivity index (χ2n) is 10.9. The van der Waals surface area contributed by atoms with Crippen LogP contribution in [0.1, 0.15) is 39.5 Å². The van der Waals surface area contributed by atoms with Crippen molar-refractivity contribution >= 4 is 34.9 Å². The largest absolute Gasteiger partial charge is 0.462 e. The van der Waals surface area contributed by atoms with Gasteiger partial charge in [-0.3, -0.25) is 9.69 Å². The van der Waals surface area contributed by atoms with E-state index in [1.165, 1.54) is 19.3 Å². The smallest absolute Gasteiger partial charge is 0.311 e. The molecule has 0 N–H and O–H groups in total. The van der Waals surface area contributed by atoms with Gasteiger partial charge in [0.15, 0.2) is 0 Å². The molecule has 5 aliphatic rings. The number of hydrogen-bond acceptors (Lipinski definition) is 5. The van der Waals surface area contributed by atoms with E-state index in [1.807, 2.05) is 18.2 Å². The number of carbonyl (C=O) groups excluding carboxylic acids is 1. The first-order chi connectivity index (χ1) is 15.3. The molecule has 3 saturated heterocycles. The lowest BCUT2D eigenvalue weighted by Gasteiger charge is -2.49. The molecule has 0 bridgehead atoms. The zero-order chi connectivity index (χ0) is 22.3. The fourth-order valence-electron chi connectivity index (χ4n) is 7.59. The van der Waals surface area contributed by atoms with Crippen LogP contribution >= 0.6 is 23.2 Å². The number of hydrogen-bond donors (Lipinski definition) is 0. The van der Waals surface area contributed by atoms with Crippen LogP contribution in [0.2, 0.25) is 10.0 Å². The summed E-state index contributed by atoms with van der Waals surface area (Å²) < 4.78 is 12.6. The summed E-state index contributed by atoms with van der Waals surface area (Å²) in [4.78, 5) is 17.7. The molecule has 2 saturated carbocycles. The van der Waals surface area contributed by atoms with Crippen LogP contribution in [0.5, 0.6) is 0 Å². The summed E-state index contributed by atoms with van der Waals surface area (Å²) in [5.41, 5.74) is 1.23. The van der Waals surface area contributed by atoms with E-state index in [2.05, 4.69) is 23.6 Å². The molecule has 0 unspecified atom stereocenters. The highest BCUT2D eigenvalue weighted by atomic mass is 35.5. The summed E-state index contributed by atoms with van der Waals surface area (Å²) in [6, 6.07) is 5.82. The molecule has 1 aromatic rings. The third-order valence-electron chi connectivity index (χ3n) is 9.29. The zero-order valence-corrected chi connectivity index (χ0v) is 20.4. The normalized spacial score (nSPS) is 43.3. The van der Waals surface area contributed by atoms with Crippen molar-refractivity contribution in [1.29, 1.82) is 0 Å². The Balaban J connectivity index is 1.13. The van der Waals surface area contributed by atoms with Crippen LogP contribution in [0.25, 0.3) is 0 Å². The number of halogens is 2. The number of fused-ring (bicyclic) bond motifs is 2. The third kappa shape index (κ3) is 3.07. The first-order valence-corrected chi connectivity index (χ1v) is 12.9. The topological polar surface area (TPSA) is 45.3 Å². The van der Waals surface area contributed by atoms with Crippen molar-refractivity contribution in [2.45, 2.75) is 57.3 Å². The van der Waals surface area contributed by atoms with Gasteiger partial charge < -0.3 is 14.4 Å².